The van der Waals surface area contributed by atoms with E-state index >= 15 is 0 Å². The molecule has 0 N–H and O–H groups in total. The Hall–Kier alpha value is 0.594. The minimum atomic E-state index is -4.94. The van der Waals surface area contributed by atoms with Crippen molar-refractivity contribution in [1.29, 1.82) is 0 Å². The van der Waals surface area contributed by atoms with Gasteiger partial charge in [-0.1, -0.05) is 0 Å². The molecule has 0 unspecified atom stereocenters. The number of hydrogen-bond donors (Lipinski definition) is 0. The van der Waals surface area contributed by atoms with Crippen molar-refractivity contribution in [2.24, 2.45) is 0 Å². The maximum atomic E-state index is 8.49. The molecule has 0 aromatic carbocycles. The standard InChI is InChI=1S/C14H32N4.2ClHO4.Ni/c1-15-7-5-8-17(3)13-14-18(4)10-6-9-16(2)12-11-15;2*2-1(3,4)5;/h5-14H2,1-4H3;2*(H,2,3,4,5);/q;;;+2/p-2. The molecule has 0 radical (unpaired) electrons. The van der Waals surface area contributed by atoms with Crippen molar-refractivity contribution in [2.45, 2.75) is 12.8 Å². The van der Waals surface area contributed by atoms with E-state index in [1.165, 1.54) is 65.2 Å². The van der Waals surface area contributed by atoms with Gasteiger partial charge in [-0.3, -0.25) is 0 Å². The molecule has 1 fully saturated rings. The van der Waals surface area contributed by atoms with Crippen LogP contribution in [-0.2, 0) is 16.5 Å². The van der Waals surface area contributed by atoms with Crippen LogP contribution in [0.25, 0.3) is 0 Å². The monoisotopic (exact) mass is 512 g/mol. The van der Waals surface area contributed by atoms with Crippen LogP contribution in [0.1, 0.15) is 12.8 Å². The third-order valence-electron chi connectivity index (χ3n) is 3.89. The van der Waals surface area contributed by atoms with Crippen molar-refractivity contribution in [3.8, 4) is 0 Å². The van der Waals surface area contributed by atoms with E-state index in [9.17, 15) is 0 Å². The van der Waals surface area contributed by atoms with Gasteiger partial charge in [-0.2, -0.15) is 0 Å². The van der Waals surface area contributed by atoms with E-state index in [0.29, 0.717) is 0 Å². The summed E-state index contributed by atoms with van der Waals surface area (Å²) in [7, 11) is -0.915. The maximum Gasteiger partial charge on any atom is 2.00 e. The molecule has 1 heterocycles. The molecule has 0 spiro atoms. The molecule has 1 saturated heterocycles. The van der Waals surface area contributed by atoms with E-state index in [0.717, 1.165) is 0 Å². The Kier molecular flexibility index (Phi) is 21.5. The summed E-state index contributed by atoms with van der Waals surface area (Å²) in [5, 5.41) is 0. The van der Waals surface area contributed by atoms with Gasteiger partial charge in [0.1, 0.15) is 0 Å². The summed E-state index contributed by atoms with van der Waals surface area (Å²) in [5.41, 5.74) is 0. The quantitative estimate of drug-likeness (QED) is 0.277. The van der Waals surface area contributed by atoms with Crippen molar-refractivity contribution in [2.75, 3.05) is 80.5 Å². The van der Waals surface area contributed by atoms with Crippen molar-refractivity contribution in [1.82, 2.24) is 19.6 Å². The molecule has 1 aliphatic heterocycles. The number of halogens is 2. The van der Waals surface area contributed by atoms with Gasteiger partial charge >= 0.3 is 16.5 Å². The molecule has 0 aliphatic carbocycles. The summed E-state index contributed by atoms with van der Waals surface area (Å²) in [6.45, 7) is 9.63. The van der Waals surface area contributed by atoms with E-state index in [1.54, 1.807) is 0 Å². The number of likely N-dealkylation sites (N-methyl/N-ethyl adjacent to an activating group) is 4. The molecule has 29 heavy (non-hydrogen) atoms. The zero-order valence-electron chi connectivity index (χ0n) is 17.2. The second kappa shape index (κ2) is 18.2. The molecule has 0 aromatic rings. The second-order valence-corrected chi connectivity index (χ2v) is 8.19. The number of rotatable bonds is 0. The number of nitrogens with zero attached hydrogens (tertiary/aromatic N) is 4. The first kappa shape index (κ1) is 34.2. The van der Waals surface area contributed by atoms with Gasteiger partial charge < -0.3 is 19.6 Å². The van der Waals surface area contributed by atoms with Gasteiger partial charge in [0.2, 0.25) is 0 Å². The van der Waals surface area contributed by atoms with E-state index in [4.69, 9.17) is 37.3 Å². The van der Waals surface area contributed by atoms with Crippen LogP contribution in [0, 0.1) is 20.5 Å². The molecular weight excluding hydrogens is 482 g/mol. The normalized spacial score (nSPS) is 20.3. The summed E-state index contributed by atoms with van der Waals surface area (Å²) in [6, 6.07) is 0. The van der Waals surface area contributed by atoms with Crippen molar-refractivity contribution >= 4 is 0 Å². The molecule has 1 rings (SSSR count). The fourth-order valence-electron chi connectivity index (χ4n) is 2.35. The topological polar surface area (TPSA) is 197 Å². The van der Waals surface area contributed by atoms with Crippen LogP contribution in [0.5, 0.6) is 0 Å². The number of hydrogen-bond acceptors (Lipinski definition) is 12. The van der Waals surface area contributed by atoms with E-state index < -0.39 is 20.5 Å². The van der Waals surface area contributed by atoms with Gasteiger partial charge in [-0.25, -0.2) is 37.3 Å². The summed E-state index contributed by atoms with van der Waals surface area (Å²) in [5.74, 6) is 0. The third-order valence-corrected chi connectivity index (χ3v) is 3.89. The van der Waals surface area contributed by atoms with E-state index in [2.05, 4.69) is 47.8 Å². The summed E-state index contributed by atoms with van der Waals surface area (Å²) in [4.78, 5) is 9.84. The Morgan fingerprint density at radius 2 is 0.552 bits per heavy atom. The summed E-state index contributed by atoms with van der Waals surface area (Å²) >= 11 is 0. The van der Waals surface area contributed by atoms with Crippen molar-refractivity contribution < 1.29 is 74.2 Å². The van der Waals surface area contributed by atoms with E-state index in [1.807, 2.05) is 0 Å². The van der Waals surface area contributed by atoms with Crippen molar-refractivity contribution in [3.63, 3.8) is 0 Å². The molecule has 15 heteroatoms. The molecule has 0 atom stereocenters. The van der Waals surface area contributed by atoms with Gasteiger partial charge in [0.15, 0.2) is 0 Å². The molecule has 12 nitrogen and oxygen atoms in total. The van der Waals surface area contributed by atoms with Crippen LogP contribution in [-0.4, -0.2) is 100 Å². The van der Waals surface area contributed by atoms with Gasteiger partial charge in [-0.05, 0) is 67.2 Å². The molecule has 180 valence electrons. The molecule has 0 bridgehead atoms. The zero-order chi connectivity index (χ0) is 22.4. The largest absolute Gasteiger partial charge is 2.00 e. The molecule has 1 aliphatic rings. The van der Waals surface area contributed by atoms with E-state index in [-0.39, 0.29) is 16.5 Å². The van der Waals surface area contributed by atoms with Gasteiger partial charge in [0.05, 0.1) is 0 Å². The molecule has 0 saturated carbocycles. The first-order valence-electron chi connectivity index (χ1n) is 8.55. The minimum Gasteiger partial charge on any atom is -0.305 e. The molecular formula is C14H32Cl2N4NiO8. The Morgan fingerprint density at radius 1 is 0.414 bits per heavy atom. The third kappa shape index (κ3) is 39.6. The average Bonchev–Trinajstić information content (AvgIpc) is 2.47. The Balaban J connectivity index is -0.000000512. The van der Waals surface area contributed by atoms with Crippen LogP contribution >= 0.6 is 0 Å². The maximum absolute atomic E-state index is 8.49. The van der Waals surface area contributed by atoms with Crippen LogP contribution in [0.2, 0.25) is 0 Å². The predicted molar refractivity (Wildman–Crippen MR) is 79.2 cm³/mol. The molecule has 0 aromatic heterocycles. The van der Waals surface area contributed by atoms with Crippen LogP contribution in [0.3, 0.4) is 0 Å². The smallest absolute Gasteiger partial charge is 0.305 e. The fraction of sp³-hybridized carbons (Fsp3) is 1.00. The average molecular weight is 514 g/mol. The first-order chi connectivity index (χ1) is 12.6. The van der Waals surface area contributed by atoms with Crippen LogP contribution in [0.4, 0.5) is 0 Å². The summed E-state index contributed by atoms with van der Waals surface area (Å²) < 4.78 is 67.9. The van der Waals surface area contributed by atoms with Gasteiger partial charge in [-0.15, -0.1) is 20.5 Å². The summed E-state index contributed by atoms with van der Waals surface area (Å²) in [6.07, 6.45) is 2.56. The Labute approximate surface area is 187 Å². The fourth-order valence-corrected chi connectivity index (χ4v) is 2.35. The zero-order valence-corrected chi connectivity index (χ0v) is 19.7. The Bertz CT molecular complexity index is 315. The minimum absolute atomic E-state index is 0. The van der Waals surface area contributed by atoms with Gasteiger partial charge in [0.25, 0.3) is 0 Å². The Morgan fingerprint density at radius 3 is 0.690 bits per heavy atom. The first-order valence-corrected chi connectivity index (χ1v) is 11.0. The second-order valence-electron chi connectivity index (χ2n) is 6.68. The van der Waals surface area contributed by atoms with Crippen molar-refractivity contribution in [3.05, 3.63) is 0 Å². The van der Waals surface area contributed by atoms with Crippen LogP contribution < -0.4 is 37.3 Å². The van der Waals surface area contributed by atoms with Crippen LogP contribution in [0.15, 0.2) is 0 Å². The predicted octanol–water partition coefficient (Wildman–Crippen LogP) is -9.01. The SMILES string of the molecule is CN1CCCN(C)CCN(C)CCCN(C)CC1.[Ni+2].[O-][Cl+3]([O-])([O-])[O-].[O-][Cl+3]([O-])([O-])[O-]. The molecule has 0 amide bonds. The van der Waals surface area contributed by atoms with Gasteiger partial charge in [0, 0.05) is 26.2 Å².